The summed E-state index contributed by atoms with van der Waals surface area (Å²) < 4.78 is 36.8. The average molecular weight is 392 g/mol. The molecule has 0 aromatic heterocycles. The zero-order valence-corrected chi connectivity index (χ0v) is 16.5. The lowest BCUT2D eigenvalue weighted by molar-refractivity contribution is 0.600. The van der Waals surface area contributed by atoms with E-state index in [2.05, 4.69) is 27.8 Å². The summed E-state index contributed by atoms with van der Waals surface area (Å²) >= 11 is 0. The average Bonchev–Trinajstić information content (AvgIpc) is 2.61. The van der Waals surface area contributed by atoms with Gasteiger partial charge in [0.2, 0.25) is 0 Å². The molecule has 0 fully saturated rings. The number of hydrogen-bond donors (Lipinski definition) is 2. The molecule has 0 atom stereocenters. The normalized spacial score (nSPS) is 12.0. The molecule has 2 aromatic rings. The molecule has 0 aliphatic heterocycles. The highest BCUT2D eigenvalue weighted by molar-refractivity contribution is 7.89. The standard InChI is InChI=1S/C20H26FN3O2S/c1-3-22-20(23-12-11-16-7-5-4-6-8-16)24-14-18-13-19(21)10-9-17(18)15-27(2,25)26/h4-10,13H,3,11-12,14-15H2,1-2H3,(H2,22,23,24). The second kappa shape index (κ2) is 10.1. The Labute approximate surface area is 160 Å². The van der Waals surface area contributed by atoms with Gasteiger partial charge in [-0.05, 0) is 42.2 Å². The molecular formula is C20H26FN3O2S. The third-order valence-corrected chi connectivity index (χ3v) is 4.72. The van der Waals surface area contributed by atoms with Crippen LogP contribution in [-0.2, 0) is 28.6 Å². The third-order valence-electron chi connectivity index (χ3n) is 3.89. The van der Waals surface area contributed by atoms with Gasteiger partial charge in [-0.25, -0.2) is 17.8 Å². The Morgan fingerprint density at radius 3 is 2.48 bits per heavy atom. The van der Waals surface area contributed by atoms with Gasteiger partial charge in [0.1, 0.15) is 5.82 Å². The van der Waals surface area contributed by atoms with E-state index < -0.39 is 15.7 Å². The molecule has 0 spiro atoms. The number of aliphatic imine (C=N–C) groups is 1. The van der Waals surface area contributed by atoms with Gasteiger partial charge in [-0.2, -0.15) is 0 Å². The second-order valence-corrected chi connectivity index (χ2v) is 8.48. The molecular weight excluding hydrogens is 365 g/mol. The molecule has 0 aliphatic rings. The van der Waals surface area contributed by atoms with E-state index in [9.17, 15) is 12.8 Å². The molecule has 27 heavy (non-hydrogen) atoms. The predicted octanol–water partition coefficient (Wildman–Crippen LogP) is 2.67. The number of halogens is 1. The SMILES string of the molecule is CCNC(=NCc1cc(F)ccc1CS(C)(=O)=O)NCCc1ccccc1. The van der Waals surface area contributed by atoms with Gasteiger partial charge in [0.05, 0.1) is 12.3 Å². The minimum atomic E-state index is -3.21. The Morgan fingerprint density at radius 2 is 1.81 bits per heavy atom. The van der Waals surface area contributed by atoms with Crippen LogP contribution in [0.2, 0.25) is 0 Å². The Bertz CT molecular complexity index is 868. The van der Waals surface area contributed by atoms with Crippen molar-refractivity contribution in [1.29, 1.82) is 0 Å². The topological polar surface area (TPSA) is 70.6 Å². The Hall–Kier alpha value is -2.41. The van der Waals surface area contributed by atoms with Gasteiger partial charge in [-0.15, -0.1) is 0 Å². The highest BCUT2D eigenvalue weighted by Gasteiger charge is 2.10. The number of benzene rings is 2. The molecule has 0 aliphatic carbocycles. The first kappa shape index (κ1) is 20.9. The van der Waals surface area contributed by atoms with Crippen LogP contribution in [0.1, 0.15) is 23.6 Å². The van der Waals surface area contributed by atoms with E-state index in [0.29, 0.717) is 30.2 Å². The Kier molecular flexibility index (Phi) is 7.79. The predicted molar refractivity (Wildman–Crippen MR) is 108 cm³/mol. The van der Waals surface area contributed by atoms with E-state index in [1.807, 2.05) is 25.1 Å². The summed E-state index contributed by atoms with van der Waals surface area (Å²) in [4.78, 5) is 4.48. The van der Waals surface area contributed by atoms with E-state index in [-0.39, 0.29) is 12.3 Å². The van der Waals surface area contributed by atoms with Crippen molar-refractivity contribution in [2.24, 2.45) is 4.99 Å². The zero-order valence-electron chi connectivity index (χ0n) is 15.7. The third kappa shape index (κ3) is 7.78. The van der Waals surface area contributed by atoms with Crippen molar-refractivity contribution in [2.45, 2.75) is 25.6 Å². The maximum absolute atomic E-state index is 13.6. The highest BCUT2D eigenvalue weighted by atomic mass is 32.2. The molecule has 7 heteroatoms. The number of guanidine groups is 1. The maximum Gasteiger partial charge on any atom is 0.191 e. The lowest BCUT2D eigenvalue weighted by Gasteiger charge is -2.12. The summed E-state index contributed by atoms with van der Waals surface area (Å²) in [6.07, 6.45) is 2.02. The van der Waals surface area contributed by atoms with Crippen LogP contribution in [0.3, 0.4) is 0 Å². The minimum absolute atomic E-state index is 0.129. The molecule has 0 unspecified atom stereocenters. The van der Waals surface area contributed by atoms with Crippen LogP contribution < -0.4 is 10.6 Å². The van der Waals surface area contributed by atoms with Crippen LogP contribution in [0, 0.1) is 5.82 Å². The first-order chi connectivity index (χ1) is 12.9. The lowest BCUT2D eigenvalue weighted by atomic mass is 10.1. The summed E-state index contributed by atoms with van der Waals surface area (Å²) in [5.41, 5.74) is 2.37. The highest BCUT2D eigenvalue weighted by Crippen LogP contribution is 2.15. The number of hydrogen-bond acceptors (Lipinski definition) is 3. The fraction of sp³-hybridized carbons (Fsp3) is 0.350. The molecule has 0 radical (unpaired) electrons. The van der Waals surface area contributed by atoms with E-state index in [4.69, 9.17) is 0 Å². The van der Waals surface area contributed by atoms with Crippen LogP contribution in [0.15, 0.2) is 53.5 Å². The van der Waals surface area contributed by atoms with Gasteiger partial charge in [0.15, 0.2) is 15.8 Å². The quantitative estimate of drug-likeness (QED) is 0.536. The van der Waals surface area contributed by atoms with Gasteiger partial charge >= 0.3 is 0 Å². The van der Waals surface area contributed by atoms with Gasteiger partial charge in [0.25, 0.3) is 0 Å². The van der Waals surface area contributed by atoms with Crippen molar-refractivity contribution in [3.8, 4) is 0 Å². The molecule has 5 nitrogen and oxygen atoms in total. The van der Waals surface area contributed by atoms with Gasteiger partial charge in [-0.1, -0.05) is 36.4 Å². The second-order valence-electron chi connectivity index (χ2n) is 6.34. The van der Waals surface area contributed by atoms with E-state index >= 15 is 0 Å². The molecule has 146 valence electrons. The number of nitrogens with one attached hydrogen (secondary N) is 2. The van der Waals surface area contributed by atoms with E-state index in [0.717, 1.165) is 6.42 Å². The van der Waals surface area contributed by atoms with E-state index in [1.54, 1.807) is 0 Å². The van der Waals surface area contributed by atoms with E-state index in [1.165, 1.54) is 30.0 Å². The van der Waals surface area contributed by atoms with Crippen molar-refractivity contribution in [1.82, 2.24) is 10.6 Å². The van der Waals surface area contributed by atoms with Crippen molar-refractivity contribution in [3.63, 3.8) is 0 Å². The van der Waals surface area contributed by atoms with Gasteiger partial charge in [0, 0.05) is 19.3 Å². The first-order valence-electron chi connectivity index (χ1n) is 8.88. The smallest absolute Gasteiger partial charge is 0.191 e. The number of rotatable bonds is 8. The fourth-order valence-corrected chi connectivity index (χ4v) is 3.49. The van der Waals surface area contributed by atoms with Crippen molar-refractivity contribution in [2.75, 3.05) is 19.3 Å². The lowest BCUT2D eigenvalue weighted by Crippen LogP contribution is -2.38. The number of nitrogens with zero attached hydrogens (tertiary/aromatic N) is 1. The Balaban J connectivity index is 2.06. The maximum atomic E-state index is 13.6. The fourth-order valence-electron chi connectivity index (χ4n) is 2.64. The molecule has 2 N–H and O–H groups in total. The largest absolute Gasteiger partial charge is 0.357 e. The zero-order chi connectivity index (χ0) is 19.7. The molecule has 0 saturated heterocycles. The molecule has 0 heterocycles. The molecule has 0 bridgehead atoms. The molecule has 2 rings (SSSR count). The first-order valence-corrected chi connectivity index (χ1v) is 10.9. The summed E-state index contributed by atoms with van der Waals surface area (Å²) in [7, 11) is -3.21. The van der Waals surface area contributed by atoms with Crippen LogP contribution in [0.25, 0.3) is 0 Å². The molecule has 0 amide bonds. The summed E-state index contributed by atoms with van der Waals surface area (Å²) in [5, 5.41) is 6.40. The summed E-state index contributed by atoms with van der Waals surface area (Å²) in [6.45, 7) is 3.56. The number of sulfone groups is 1. The summed E-state index contributed by atoms with van der Waals surface area (Å²) in [5.74, 6) is 0.0818. The van der Waals surface area contributed by atoms with Crippen LogP contribution in [0.4, 0.5) is 4.39 Å². The monoisotopic (exact) mass is 391 g/mol. The van der Waals surface area contributed by atoms with Crippen molar-refractivity contribution in [3.05, 3.63) is 71.0 Å². The summed E-state index contributed by atoms with van der Waals surface area (Å²) in [6, 6.07) is 14.2. The van der Waals surface area contributed by atoms with Crippen LogP contribution in [-0.4, -0.2) is 33.7 Å². The van der Waals surface area contributed by atoms with Gasteiger partial charge in [-0.3, -0.25) is 0 Å². The molecule has 2 aromatic carbocycles. The molecule has 0 saturated carbocycles. The van der Waals surface area contributed by atoms with Crippen molar-refractivity contribution >= 4 is 15.8 Å². The van der Waals surface area contributed by atoms with Crippen molar-refractivity contribution < 1.29 is 12.8 Å². The van der Waals surface area contributed by atoms with Gasteiger partial charge < -0.3 is 10.6 Å². The van der Waals surface area contributed by atoms with Crippen LogP contribution in [0.5, 0.6) is 0 Å². The minimum Gasteiger partial charge on any atom is -0.357 e. The van der Waals surface area contributed by atoms with Crippen LogP contribution >= 0.6 is 0 Å². The Morgan fingerprint density at radius 1 is 1.07 bits per heavy atom.